The van der Waals surface area contributed by atoms with Crippen LogP contribution in [-0.2, 0) is 0 Å². The Bertz CT molecular complexity index is 694. The molecule has 5 nitrogen and oxygen atoms in total. The van der Waals surface area contributed by atoms with E-state index in [0.29, 0.717) is 11.1 Å². The Labute approximate surface area is 116 Å². The first-order valence-corrected chi connectivity index (χ1v) is 6.29. The Morgan fingerprint density at radius 2 is 2.17 bits per heavy atom. The highest BCUT2D eigenvalue weighted by Gasteiger charge is 2.06. The SMILES string of the molecule is Clc1ccc(Nc2nc3c(Br)cccn3n2)cn1. The number of nitrogens with one attached hydrogen (secondary N) is 1. The lowest BCUT2D eigenvalue weighted by Crippen LogP contribution is -1.93. The Morgan fingerprint density at radius 1 is 1.28 bits per heavy atom. The highest BCUT2D eigenvalue weighted by molar-refractivity contribution is 9.10. The van der Waals surface area contributed by atoms with Crippen LogP contribution in [0.3, 0.4) is 0 Å². The largest absolute Gasteiger partial charge is 0.321 e. The van der Waals surface area contributed by atoms with Gasteiger partial charge in [0.25, 0.3) is 0 Å². The number of anilines is 2. The van der Waals surface area contributed by atoms with Crippen molar-refractivity contribution in [2.24, 2.45) is 0 Å². The zero-order valence-electron chi connectivity index (χ0n) is 9.01. The quantitative estimate of drug-likeness (QED) is 0.735. The molecule has 3 rings (SSSR count). The van der Waals surface area contributed by atoms with Gasteiger partial charge in [0.15, 0.2) is 5.65 Å². The van der Waals surface area contributed by atoms with E-state index in [1.54, 1.807) is 16.8 Å². The summed E-state index contributed by atoms with van der Waals surface area (Å²) in [4.78, 5) is 8.34. The number of halogens is 2. The minimum absolute atomic E-state index is 0.450. The first-order valence-electron chi connectivity index (χ1n) is 5.12. The van der Waals surface area contributed by atoms with Crippen molar-refractivity contribution in [3.05, 3.63) is 46.3 Å². The molecule has 0 radical (unpaired) electrons. The van der Waals surface area contributed by atoms with E-state index >= 15 is 0 Å². The van der Waals surface area contributed by atoms with E-state index in [2.05, 4.69) is 36.3 Å². The number of hydrogen-bond acceptors (Lipinski definition) is 4. The third kappa shape index (κ3) is 2.16. The molecule has 18 heavy (non-hydrogen) atoms. The third-order valence-electron chi connectivity index (χ3n) is 2.30. The van der Waals surface area contributed by atoms with E-state index in [1.807, 2.05) is 24.4 Å². The summed E-state index contributed by atoms with van der Waals surface area (Å²) in [7, 11) is 0. The van der Waals surface area contributed by atoms with Crippen molar-refractivity contribution < 1.29 is 0 Å². The number of pyridine rings is 2. The topological polar surface area (TPSA) is 55.1 Å². The molecule has 3 aromatic heterocycles. The van der Waals surface area contributed by atoms with Crippen LogP contribution in [0.2, 0.25) is 5.15 Å². The Kier molecular flexibility index (Phi) is 2.89. The molecule has 0 unspecified atom stereocenters. The second-order valence-electron chi connectivity index (χ2n) is 3.55. The maximum absolute atomic E-state index is 5.72. The van der Waals surface area contributed by atoms with Crippen LogP contribution in [0.1, 0.15) is 0 Å². The molecular weight excluding hydrogens is 318 g/mol. The summed E-state index contributed by atoms with van der Waals surface area (Å²) in [6, 6.07) is 7.32. The summed E-state index contributed by atoms with van der Waals surface area (Å²) in [6.45, 7) is 0. The van der Waals surface area contributed by atoms with Gasteiger partial charge in [-0.3, -0.25) is 0 Å². The lowest BCUT2D eigenvalue weighted by Gasteiger charge is -1.99. The molecule has 0 spiro atoms. The average Bonchev–Trinajstić information content (AvgIpc) is 2.76. The maximum Gasteiger partial charge on any atom is 0.247 e. The molecule has 3 aromatic rings. The molecule has 0 aliphatic heterocycles. The minimum Gasteiger partial charge on any atom is -0.321 e. The average molecular weight is 325 g/mol. The molecule has 1 N–H and O–H groups in total. The fourth-order valence-electron chi connectivity index (χ4n) is 1.51. The predicted octanol–water partition coefficient (Wildman–Crippen LogP) is 3.28. The molecule has 3 heterocycles. The van der Waals surface area contributed by atoms with E-state index in [-0.39, 0.29) is 0 Å². The van der Waals surface area contributed by atoms with E-state index in [9.17, 15) is 0 Å². The van der Waals surface area contributed by atoms with Crippen LogP contribution in [0.5, 0.6) is 0 Å². The molecule has 0 fully saturated rings. The van der Waals surface area contributed by atoms with Crippen LogP contribution < -0.4 is 5.32 Å². The van der Waals surface area contributed by atoms with Gasteiger partial charge >= 0.3 is 0 Å². The number of fused-ring (bicyclic) bond motifs is 1. The van der Waals surface area contributed by atoms with E-state index in [4.69, 9.17) is 11.6 Å². The number of rotatable bonds is 2. The monoisotopic (exact) mass is 323 g/mol. The van der Waals surface area contributed by atoms with Crippen LogP contribution in [0.25, 0.3) is 5.65 Å². The highest BCUT2D eigenvalue weighted by Crippen LogP contribution is 2.19. The zero-order valence-corrected chi connectivity index (χ0v) is 11.4. The van der Waals surface area contributed by atoms with Crippen LogP contribution >= 0.6 is 27.5 Å². The van der Waals surface area contributed by atoms with Gasteiger partial charge in [-0.1, -0.05) is 11.6 Å². The van der Waals surface area contributed by atoms with Crippen molar-refractivity contribution in [2.45, 2.75) is 0 Å². The normalized spacial score (nSPS) is 10.8. The molecule has 0 aromatic carbocycles. The molecule has 0 aliphatic rings. The van der Waals surface area contributed by atoms with Gasteiger partial charge in [-0.15, -0.1) is 5.10 Å². The van der Waals surface area contributed by atoms with Crippen molar-refractivity contribution >= 4 is 44.8 Å². The maximum atomic E-state index is 5.72. The summed E-state index contributed by atoms with van der Waals surface area (Å²) >= 11 is 9.14. The Hall–Kier alpha value is -1.66. The Morgan fingerprint density at radius 3 is 2.89 bits per heavy atom. The highest BCUT2D eigenvalue weighted by atomic mass is 79.9. The first kappa shape index (κ1) is 11.4. The fraction of sp³-hybridized carbons (Fsp3) is 0. The second kappa shape index (κ2) is 4.55. The van der Waals surface area contributed by atoms with Crippen molar-refractivity contribution in [3.63, 3.8) is 0 Å². The van der Waals surface area contributed by atoms with Crippen LogP contribution in [0.4, 0.5) is 11.6 Å². The van der Waals surface area contributed by atoms with Gasteiger partial charge in [0.1, 0.15) is 5.15 Å². The number of aromatic nitrogens is 4. The smallest absolute Gasteiger partial charge is 0.247 e. The standard InChI is InChI=1S/C11H7BrClN5/c12-8-2-1-5-18-10(8)16-11(17-18)15-7-3-4-9(13)14-6-7/h1-6H,(H,15,17). The summed E-state index contributed by atoms with van der Waals surface area (Å²) in [5, 5.41) is 7.81. The summed E-state index contributed by atoms with van der Waals surface area (Å²) in [5.41, 5.74) is 1.54. The molecule has 0 bridgehead atoms. The fourth-order valence-corrected chi connectivity index (χ4v) is 2.04. The summed E-state index contributed by atoms with van der Waals surface area (Å²) < 4.78 is 2.58. The lowest BCUT2D eigenvalue weighted by atomic mass is 10.4. The third-order valence-corrected chi connectivity index (χ3v) is 3.14. The summed E-state index contributed by atoms with van der Waals surface area (Å²) in [6.07, 6.45) is 3.46. The first-order chi connectivity index (χ1) is 8.72. The number of hydrogen-bond donors (Lipinski definition) is 1. The molecule has 7 heteroatoms. The molecule has 90 valence electrons. The molecule has 0 amide bonds. The number of nitrogens with zero attached hydrogens (tertiary/aromatic N) is 4. The predicted molar refractivity (Wildman–Crippen MR) is 73.2 cm³/mol. The van der Waals surface area contributed by atoms with E-state index in [0.717, 1.165) is 15.8 Å². The van der Waals surface area contributed by atoms with Crippen LogP contribution in [-0.4, -0.2) is 19.6 Å². The van der Waals surface area contributed by atoms with Gasteiger partial charge in [0.05, 0.1) is 16.4 Å². The van der Waals surface area contributed by atoms with Crippen molar-refractivity contribution in [2.75, 3.05) is 5.32 Å². The molecule has 0 atom stereocenters. The summed E-state index contributed by atoms with van der Waals surface area (Å²) in [5.74, 6) is 0.506. The van der Waals surface area contributed by atoms with Crippen molar-refractivity contribution in [1.29, 1.82) is 0 Å². The lowest BCUT2D eigenvalue weighted by molar-refractivity contribution is 0.962. The molecule has 0 saturated carbocycles. The van der Waals surface area contributed by atoms with Gasteiger partial charge in [0.2, 0.25) is 5.95 Å². The van der Waals surface area contributed by atoms with Crippen LogP contribution in [0, 0.1) is 0 Å². The van der Waals surface area contributed by atoms with Crippen molar-refractivity contribution in [3.8, 4) is 0 Å². The van der Waals surface area contributed by atoms with Gasteiger partial charge in [-0.05, 0) is 40.2 Å². The van der Waals surface area contributed by atoms with Gasteiger partial charge in [-0.25, -0.2) is 9.50 Å². The zero-order chi connectivity index (χ0) is 12.5. The van der Waals surface area contributed by atoms with Gasteiger partial charge in [-0.2, -0.15) is 4.98 Å². The van der Waals surface area contributed by atoms with Gasteiger partial charge < -0.3 is 5.32 Å². The van der Waals surface area contributed by atoms with Crippen molar-refractivity contribution in [1.82, 2.24) is 19.6 Å². The molecule has 0 saturated heterocycles. The molecule has 0 aliphatic carbocycles. The molecular formula is C11H7BrClN5. The Balaban J connectivity index is 1.95. The van der Waals surface area contributed by atoms with E-state index in [1.165, 1.54) is 0 Å². The van der Waals surface area contributed by atoms with E-state index < -0.39 is 0 Å². The van der Waals surface area contributed by atoms with Crippen LogP contribution in [0.15, 0.2) is 41.1 Å². The second-order valence-corrected chi connectivity index (χ2v) is 4.80. The van der Waals surface area contributed by atoms with Gasteiger partial charge in [0, 0.05) is 6.20 Å². The minimum atomic E-state index is 0.450.